The molecule has 0 spiro atoms. The zero-order valence-corrected chi connectivity index (χ0v) is 7.41. The average molecular weight is 192 g/mol. The Bertz CT molecular complexity index is 261. The predicted octanol–water partition coefficient (Wildman–Crippen LogP) is 1.97. The second kappa shape index (κ2) is 3.69. The van der Waals surface area contributed by atoms with Crippen molar-refractivity contribution in [1.82, 2.24) is 4.98 Å². The maximum atomic E-state index is 10.9. The number of halogens is 1. The molecule has 0 aromatic carbocycles. The fraction of sp³-hybridized carbons (Fsp3) is 0.333. The van der Waals surface area contributed by atoms with Gasteiger partial charge in [-0.25, -0.2) is 9.78 Å². The van der Waals surface area contributed by atoms with Crippen molar-refractivity contribution in [3.05, 3.63) is 15.5 Å². The first-order valence-corrected chi connectivity index (χ1v) is 4.22. The van der Waals surface area contributed by atoms with Crippen LogP contribution in [0.3, 0.4) is 0 Å². The Morgan fingerprint density at radius 2 is 2.64 bits per heavy atom. The molecule has 0 amide bonds. The number of hydrogen-bond acceptors (Lipinski definition) is 4. The molecule has 0 aliphatic rings. The standard InChI is InChI=1S/C6H6ClNO2S/c1-2-10-6(9)5-8-3-4(7)11-5/h3H,2H2,1H3. The summed E-state index contributed by atoms with van der Waals surface area (Å²) in [5.74, 6) is -0.413. The number of esters is 1. The van der Waals surface area contributed by atoms with Gasteiger partial charge in [-0.2, -0.15) is 0 Å². The molecule has 0 atom stereocenters. The lowest BCUT2D eigenvalue weighted by molar-refractivity contribution is 0.0526. The molecule has 0 saturated carbocycles. The van der Waals surface area contributed by atoms with Gasteiger partial charge in [0.25, 0.3) is 0 Å². The first kappa shape index (κ1) is 8.49. The summed E-state index contributed by atoms with van der Waals surface area (Å²) >= 11 is 6.67. The van der Waals surface area contributed by atoms with Gasteiger partial charge < -0.3 is 4.74 Å². The topological polar surface area (TPSA) is 39.2 Å². The molecule has 0 radical (unpaired) electrons. The fourth-order valence-electron chi connectivity index (χ4n) is 0.542. The molecule has 3 nitrogen and oxygen atoms in total. The van der Waals surface area contributed by atoms with E-state index in [-0.39, 0.29) is 0 Å². The molecule has 0 aliphatic carbocycles. The van der Waals surface area contributed by atoms with Gasteiger partial charge in [0.1, 0.15) is 4.34 Å². The smallest absolute Gasteiger partial charge is 0.367 e. The van der Waals surface area contributed by atoms with Crippen LogP contribution in [-0.2, 0) is 4.74 Å². The summed E-state index contributed by atoms with van der Waals surface area (Å²) < 4.78 is 5.19. The normalized spacial score (nSPS) is 9.64. The number of carbonyl (C=O) groups excluding carboxylic acids is 1. The van der Waals surface area contributed by atoms with Gasteiger partial charge in [0.2, 0.25) is 5.01 Å². The van der Waals surface area contributed by atoms with Crippen LogP contribution in [0.1, 0.15) is 16.7 Å². The predicted molar refractivity (Wildman–Crippen MR) is 43.1 cm³/mol. The van der Waals surface area contributed by atoms with Crippen LogP contribution in [0.2, 0.25) is 4.34 Å². The van der Waals surface area contributed by atoms with Gasteiger partial charge in [-0.05, 0) is 6.92 Å². The molecule has 0 fully saturated rings. The molecule has 1 aromatic heterocycles. The van der Waals surface area contributed by atoms with Gasteiger partial charge in [0, 0.05) is 0 Å². The Balaban J connectivity index is 2.69. The maximum absolute atomic E-state index is 10.9. The fourth-order valence-corrected chi connectivity index (χ4v) is 1.35. The monoisotopic (exact) mass is 191 g/mol. The SMILES string of the molecule is CCOC(=O)c1ncc(Cl)s1. The van der Waals surface area contributed by atoms with Gasteiger partial charge in [0.05, 0.1) is 12.8 Å². The quantitative estimate of drug-likeness (QED) is 0.671. The number of thiazole rings is 1. The van der Waals surface area contributed by atoms with Crippen molar-refractivity contribution in [2.75, 3.05) is 6.61 Å². The van der Waals surface area contributed by atoms with Crippen LogP contribution in [-0.4, -0.2) is 17.6 Å². The summed E-state index contributed by atoms with van der Waals surface area (Å²) in [6, 6.07) is 0. The third-order valence-corrected chi connectivity index (χ3v) is 2.02. The minimum atomic E-state index is -0.413. The van der Waals surface area contributed by atoms with Crippen molar-refractivity contribution in [3.63, 3.8) is 0 Å². The number of ether oxygens (including phenoxy) is 1. The first-order valence-electron chi connectivity index (χ1n) is 3.02. The van der Waals surface area contributed by atoms with Crippen LogP contribution in [0, 0.1) is 0 Å². The van der Waals surface area contributed by atoms with E-state index >= 15 is 0 Å². The highest BCUT2D eigenvalue weighted by Gasteiger charge is 2.10. The molecular formula is C6H6ClNO2S. The Hall–Kier alpha value is -0.610. The van der Waals surface area contributed by atoms with E-state index in [0.717, 1.165) is 11.3 Å². The van der Waals surface area contributed by atoms with Gasteiger partial charge in [-0.3, -0.25) is 0 Å². The van der Waals surface area contributed by atoms with E-state index in [0.29, 0.717) is 16.0 Å². The van der Waals surface area contributed by atoms with Crippen molar-refractivity contribution in [3.8, 4) is 0 Å². The third kappa shape index (κ3) is 2.17. The van der Waals surface area contributed by atoms with Crippen LogP contribution in [0.5, 0.6) is 0 Å². The van der Waals surface area contributed by atoms with Crippen molar-refractivity contribution < 1.29 is 9.53 Å². The highest BCUT2D eigenvalue weighted by Crippen LogP contribution is 2.18. The van der Waals surface area contributed by atoms with Crippen LogP contribution in [0.15, 0.2) is 6.20 Å². The zero-order valence-electron chi connectivity index (χ0n) is 5.83. The van der Waals surface area contributed by atoms with Gasteiger partial charge in [-0.1, -0.05) is 22.9 Å². The molecule has 11 heavy (non-hydrogen) atoms. The first-order chi connectivity index (χ1) is 5.24. The van der Waals surface area contributed by atoms with E-state index in [1.165, 1.54) is 6.20 Å². The molecule has 0 bridgehead atoms. The van der Waals surface area contributed by atoms with Crippen LogP contribution in [0.4, 0.5) is 0 Å². The van der Waals surface area contributed by atoms with E-state index in [1.807, 2.05) is 0 Å². The second-order valence-corrected chi connectivity index (χ2v) is 3.35. The number of aromatic nitrogens is 1. The zero-order chi connectivity index (χ0) is 8.27. The van der Waals surface area contributed by atoms with Crippen LogP contribution >= 0.6 is 22.9 Å². The lowest BCUT2D eigenvalue weighted by Crippen LogP contribution is -2.03. The van der Waals surface area contributed by atoms with E-state index in [9.17, 15) is 4.79 Å². The lowest BCUT2D eigenvalue weighted by atomic mass is 10.7. The molecule has 0 aliphatic heterocycles. The molecule has 5 heteroatoms. The summed E-state index contributed by atoms with van der Waals surface area (Å²) in [5.41, 5.74) is 0. The molecule has 1 rings (SSSR count). The summed E-state index contributed by atoms with van der Waals surface area (Å²) in [5, 5.41) is 0.303. The maximum Gasteiger partial charge on any atom is 0.367 e. The lowest BCUT2D eigenvalue weighted by Gasteiger charge is -1.94. The van der Waals surface area contributed by atoms with E-state index in [1.54, 1.807) is 6.92 Å². The molecule has 0 N–H and O–H groups in total. The average Bonchev–Trinajstić information content (AvgIpc) is 2.36. The van der Waals surface area contributed by atoms with Crippen molar-refractivity contribution in [2.45, 2.75) is 6.92 Å². The van der Waals surface area contributed by atoms with Crippen LogP contribution < -0.4 is 0 Å². The third-order valence-electron chi connectivity index (χ3n) is 0.928. The van der Waals surface area contributed by atoms with Gasteiger partial charge in [0.15, 0.2) is 0 Å². The number of hydrogen-bond donors (Lipinski definition) is 0. The van der Waals surface area contributed by atoms with Crippen molar-refractivity contribution in [1.29, 1.82) is 0 Å². The number of rotatable bonds is 2. The van der Waals surface area contributed by atoms with E-state index in [4.69, 9.17) is 16.3 Å². The molecule has 1 aromatic rings. The Kier molecular flexibility index (Phi) is 2.84. The molecule has 0 saturated heterocycles. The number of carbonyl (C=O) groups is 1. The van der Waals surface area contributed by atoms with E-state index < -0.39 is 5.97 Å². The Morgan fingerprint density at radius 3 is 3.09 bits per heavy atom. The highest BCUT2D eigenvalue weighted by molar-refractivity contribution is 7.17. The van der Waals surface area contributed by atoms with Crippen LogP contribution in [0.25, 0.3) is 0 Å². The number of nitrogens with zero attached hydrogens (tertiary/aromatic N) is 1. The van der Waals surface area contributed by atoms with Gasteiger partial charge >= 0.3 is 5.97 Å². The summed E-state index contributed by atoms with van der Waals surface area (Å²) in [6.07, 6.45) is 1.43. The second-order valence-electron chi connectivity index (χ2n) is 1.69. The summed E-state index contributed by atoms with van der Waals surface area (Å²) in [7, 11) is 0. The summed E-state index contributed by atoms with van der Waals surface area (Å²) in [6.45, 7) is 2.10. The molecule has 1 heterocycles. The van der Waals surface area contributed by atoms with E-state index in [2.05, 4.69) is 4.98 Å². The van der Waals surface area contributed by atoms with Gasteiger partial charge in [-0.15, -0.1) is 0 Å². The summed E-state index contributed by atoms with van der Waals surface area (Å²) in [4.78, 5) is 14.7. The molecular weight excluding hydrogens is 186 g/mol. The Labute approximate surface area is 73.0 Å². The minimum Gasteiger partial charge on any atom is -0.461 e. The molecule has 60 valence electrons. The van der Waals surface area contributed by atoms with Crippen molar-refractivity contribution >= 4 is 28.9 Å². The molecule has 0 unspecified atom stereocenters. The Morgan fingerprint density at radius 1 is 1.91 bits per heavy atom. The largest absolute Gasteiger partial charge is 0.461 e. The highest BCUT2D eigenvalue weighted by atomic mass is 35.5. The van der Waals surface area contributed by atoms with Crippen molar-refractivity contribution in [2.24, 2.45) is 0 Å². The minimum absolute atomic E-state index is 0.303.